The van der Waals surface area contributed by atoms with Crippen LogP contribution in [0.3, 0.4) is 0 Å². The summed E-state index contributed by atoms with van der Waals surface area (Å²) in [6.45, 7) is 4.16. The molecule has 156 valence electrons. The molecule has 0 bridgehead atoms. The molecule has 0 fully saturated rings. The third kappa shape index (κ3) is 3.67. The van der Waals surface area contributed by atoms with Crippen molar-refractivity contribution in [1.29, 1.82) is 0 Å². The molecule has 0 unspecified atom stereocenters. The number of rotatable bonds is 5. The van der Waals surface area contributed by atoms with Crippen LogP contribution in [0.2, 0.25) is 0 Å². The van der Waals surface area contributed by atoms with E-state index in [4.69, 9.17) is 4.74 Å². The number of hydrogen-bond acceptors (Lipinski definition) is 4. The average Bonchev–Trinajstić information content (AvgIpc) is 3.20. The number of benzene rings is 2. The van der Waals surface area contributed by atoms with Crippen LogP contribution in [-0.4, -0.2) is 16.7 Å². The molecular weight excluding hydrogens is 388 g/mol. The third-order valence-electron chi connectivity index (χ3n) is 5.55. The summed E-state index contributed by atoms with van der Waals surface area (Å²) < 4.78 is 34.4. The van der Waals surface area contributed by atoms with Gasteiger partial charge in [-0.05, 0) is 74.1 Å². The molecular formula is C23H23F2N3O2. The predicted molar refractivity (Wildman–Crippen MR) is 112 cm³/mol. The van der Waals surface area contributed by atoms with Gasteiger partial charge in [0.25, 0.3) is 5.56 Å². The molecule has 4 rings (SSSR count). The van der Waals surface area contributed by atoms with Gasteiger partial charge in [0.2, 0.25) is 5.95 Å². The Balaban J connectivity index is 1.80. The molecule has 3 aromatic rings. The zero-order chi connectivity index (χ0) is 21.4. The number of aryl methyl sites for hydroxylation is 2. The lowest BCUT2D eigenvalue weighted by Gasteiger charge is -2.20. The van der Waals surface area contributed by atoms with E-state index in [2.05, 4.69) is 10.3 Å². The first-order valence-electron chi connectivity index (χ1n) is 9.86. The second-order valence-electron chi connectivity index (χ2n) is 7.62. The third-order valence-corrected chi connectivity index (χ3v) is 5.55. The van der Waals surface area contributed by atoms with Crippen LogP contribution in [0.25, 0.3) is 0 Å². The fourth-order valence-corrected chi connectivity index (χ4v) is 3.96. The summed E-state index contributed by atoms with van der Waals surface area (Å²) in [7, 11) is 1.62. The number of methoxy groups -OCH3 is 1. The minimum absolute atomic E-state index is 0.241. The maximum Gasteiger partial charge on any atom is 0.277 e. The maximum atomic E-state index is 13.8. The Morgan fingerprint density at radius 1 is 1.10 bits per heavy atom. The van der Waals surface area contributed by atoms with Gasteiger partial charge in [0.15, 0.2) is 11.6 Å². The normalized spacial score (nSPS) is 12.7. The molecule has 0 atom stereocenters. The maximum absolute atomic E-state index is 13.8. The van der Waals surface area contributed by atoms with Crippen LogP contribution in [0, 0.1) is 25.5 Å². The molecule has 1 aromatic heterocycles. The van der Waals surface area contributed by atoms with Gasteiger partial charge in [0.1, 0.15) is 5.75 Å². The van der Waals surface area contributed by atoms with Crippen LogP contribution >= 0.6 is 0 Å². The van der Waals surface area contributed by atoms with Crippen molar-refractivity contribution in [3.05, 3.63) is 80.3 Å². The van der Waals surface area contributed by atoms with Gasteiger partial charge in [-0.2, -0.15) is 4.98 Å². The second kappa shape index (κ2) is 7.89. The lowest BCUT2D eigenvalue weighted by atomic mass is 10.1. The molecule has 30 heavy (non-hydrogen) atoms. The number of aromatic nitrogens is 2. The first kappa shape index (κ1) is 20.1. The summed E-state index contributed by atoms with van der Waals surface area (Å²) in [6, 6.07) is 7.70. The van der Waals surface area contributed by atoms with Crippen molar-refractivity contribution in [3.8, 4) is 5.75 Å². The predicted octanol–water partition coefficient (Wildman–Crippen LogP) is 4.43. The quantitative estimate of drug-likeness (QED) is 0.675. The molecule has 5 nitrogen and oxygen atoms in total. The molecule has 0 spiro atoms. The summed E-state index contributed by atoms with van der Waals surface area (Å²) in [6.07, 6.45) is 2.29. The molecule has 0 radical (unpaired) electrons. The van der Waals surface area contributed by atoms with Gasteiger partial charge >= 0.3 is 0 Å². The van der Waals surface area contributed by atoms with E-state index in [9.17, 15) is 13.6 Å². The SMILES string of the molecule is COc1cc(C)c(Nc2nc(=O)c3c(n2Cc2ccc(F)c(F)c2)CCC3)cc1C. The highest BCUT2D eigenvalue weighted by molar-refractivity contribution is 5.62. The minimum atomic E-state index is -0.894. The van der Waals surface area contributed by atoms with Gasteiger partial charge in [-0.1, -0.05) is 6.07 Å². The van der Waals surface area contributed by atoms with Crippen molar-refractivity contribution >= 4 is 11.6 Å². The smallest absolute Gasteiger partial charge is 0.277 e. The first-order chi connectivity index (χ1) is 14.4. The Morgan fingerprint density at radius 2 is 1.90 bits per heavy atom. The van der Waals surface area contributed by atoms with E-state index in [1.165, 1.54) is 6.07 Å². The zero-order valence-corrected chi connectivity index (χ0v) is 17.2. The van der Waals surface area contributed by atoms with Crippen LogP contribution in [0.15, 0.2) is 35.1 Å². The van der Waals surface area contributed by atoms with Crippen molar-refractivity contribution in [2.24, 2.45) is 0 Å². The highest BCUT2D eigenvalue weighted by atomic mass is 19.2. The minimum Gasteiger partial charge on any atom is -0.496 e. The Labute approximate surface area is 173 Å². The molecule has 1 aliphatic carbocycles. The van der Waals surface area contributed by atoms with Crippen LogP contribution in [-0.2, 0) is 19.4 Å². The summed E-state index contributed by atoms with van der Waals surface area (Å²) in [5.41, 5.74) is 4.63. The topological polar surface area (TPSA) is 56.1 Å². The fraction of sp³-hybridized carbons (Fsp3) is 0.304. The zero-order valence-electron chi connectivity index (χ0n) is 17.2. The first-order valence-corrected chi connectivity index (χ1v) is 9.86. The summed E-state index contributed by atoms with van der Waals surface area (Å²) in [4.78, 5) is 16.9. The Hall–Kier alpha value is -3.22. The van der Waals surface area contributed by atoms with Gasteiger partial charge < -0.3 is 14.6 Å². The monoisotopic (exact) mass is 411 g/mol. The Kier molecular flexibility index (Phi) is 5.28. The lowest BCUT2D eigenvalue weighted by Crippen LogP contribution is -2.23. The average molecular weight is 411 g/mol. The molecule has 1 aliphatic rings. The van der Waals surface area contributed by atoms with Gasteiger partial charge in [-0.3, -0.25) is 4.79 Å². The van der Waals surface area contributed by atoms with Crippen molar-refractivity contribution < 1.29 is 13.5 Å². The fourth-order valence-electron chi connectivity index (χ4n) is 3.96. The number of ether oxygens (including phenoxy) is 1. The van der Waals surface area contributed by atoms with E-state index in [0.29, 0.717) is 23.5 Å². The highest BCUT2D eigenvalue weighted by Gasteiger charge is 2.22. The van der Waals surface area contributed by atoms with Crippen molar-refractivity contribution in [2.45, 2.75) is 39.7 Å². The summed E-state index contributed by atoms with van der Waals surface area (Å²) in [5.74, 6) is -0.615. The number of nitrogens with one attached hydrogen (secondary N) is 1. The number of anilines is 2. The van der Waals surface area contributed by atoms with Crippen LogP contribution in [0.5, 0.6) is 5.75 Å². The second-order valence-corrected chi connectivity index (χ2v) is 7.62. The molecule has 7 heteroatoms. The molecule has 0 saturated heterocycles. The van der Waals surface area contributed by atoms with E-state index >= 15 is 0 Å². The molecule has 1 N–H and O–H groups in total. The van der Waals surface area contributed by atoms with Crippen molar-refractivity contribution in [2.75, 3.05) is 12.4 Å². The molecule has 2 aromatic carbocycles. The Bertz CT molecular complexity index is 1190. The van der Waals surface area contributed by atoms with Crippen LogP contribution < -0.4 is 15.6 Å². The van der Waals surface area contributed by atoms with Gasteiger partial charge in [-0.25, -0.2) is 8.78 Å². The molecule has 0 amide bonds. The van der Waals surface area contributed by atoms with Crippen LogP contribution in [0.4, 0.5) is 20.4 Å². The van der Waals surface area contributed by atoms with Gasteiger partial charge in [-0.15, -0.1) is 0 Å². The van der Waals surface area contributed by atoms with Gasteiger partial charge in [0, 0.05) is 16.9 Å². The Morgan fingerprint density at radius 3 is 2.63 bits per heavy atom. The van der Waals surface area contributed by atoms with Crippen LogP contribution in [0.1, 0.15) is 34.4 Å². The number of nitrogens with zero attached hydrogens (tertiary/aromatic N) is 2. The number of fused-ring (bicyclic) bond motifs is 1. The summed E-state index contributed by atoms with van der Waals surface area (Å²) in [5, 5.41) is 3.28. The van der Waals surface area contributed by atoms with E-state index in [0.717, 1.165) is 47.2 Å². The molecule has 0 aliphatic heterocycles. The van der Waals surface area contributed by atoms with E-state index in [-0.39, 0.29) is 12.1 Å². The highest BCUT2D eigenvalue weighted by Crippen LogP contribution is 2.29. The largest absolute Gasteiger partial charge is 0.496 e. The summed E-state index contributed by atoms with van der Waals surface area (Å²) >= 11 is 0. The van der Waals surface area contributed by atoms with Crippen molar-refractivity contribution in [3.63, 3.8) is 0 Å². The van der Waals surface area contributed by atoms with Crippen molar-refractivity contribution in [1.82, 2.24) is 9.55 Å². The van der Waals surface area contributed by atoms with Gasteiger partial charge in [0.05, 0.1) is 13.7 Å². The van der Waals surface area contributed by atoms with E-state index in [1.807, 2.05) is 30.5 Å². The van der Waals surface area contributed by atoms with E-state index < -0.39 is 11.6 Å². The molecule has 1 heterocycles. The standard InChI is InChI=1S/C23H23F2N3O2/c1-13-10-21(30-3)14(2)9-19(13)26-23-27-22(29)16-5-4-6-20(16)28(23)12-15-7-8-17(24)18(25)11-15/h7-11H,4-6,12H2,1-3H3,(H,26,27,29). The molecule has 0 saturated carbocycles. The lowest BCUT2D eigenvalue weighted by molar-refractivity contribution is 0.411. The van der Waals surface area contributed by atoms with E-state index in [1.54, 1.807) is 13.2 Å². The number of halogens is 2. The number of hydrogen-bond donors (Lipinski definition) is 1.